The Labute approximate surface area is 79.5 Å². The largest absolute Gasteiger partial charge is 0.341 e. The monoisotopic (exact) mass is 182 g/mol. The normalized spacial score (nSPS) is 34.5. The Hall–Kier alpha value is -0.570. The van der Waals surface area contributed by atoms with Crippen molar-refractivity contribution in [3.63, 3.8) is 0 Å². The van der Waals surface area contributed by atoms with E-state index < -0.39 is 0 Å². The third-order valence-corrected chi connectivity index (χ3v) is 3.01. The molecule has 1 amide bonds. The lowest BCUT2D eigenvalue weighted by molar-refractivity contribution is -0.128. The fourth-order valence-electron chi connectivity index (χ4n) is 2.32. The number of nitrogens with zero attached hydrogens (tertiary/aromatic N) is 1. The SMILES string of the molecule is CC1CC(=O)N(C[C@@H]2CCCN2)C1. The number of carbonyl (C=O) groups is 1. The Kier molecular flexibility index (Phi) is 2.54. The molecule has 2 fully saturated rings. The molecule has 2 aliphatic heterocycles. The summed E-state index contributed by atoms with van der Waals surface area (Å²) in [6.45, 7) is 5.18. The quantitative estimate of drug-likeness (QED) is 0.678. The van der Waals surface area contributed by atoms with Crippen molar-refractivity contribution in [3.8, 4) is 0 Å². The highest BCUT2D eigenvalue weighted by Gasteiger charge is 2.28. The van der Waals surface area contributed by atoms with Gasteiger partial charge >= 0.3 is 0 Å². The molecule has 0 aliphatic carbocycles. The maximum Gasteiger partial charge on any atom is 0.222 e. The van der Waals surface area contributed by atoms with E-state index in [0.717, 1.165) is 26.1 Å². The molecule has 2 atom stereocenters. The molecule has 0 aromatic heterocycles. The average Bonchev–Trinajstić information content (AvgIpc) is 2.63. The van der Waals surface area contributed by atoms with Crippen molar-refractivity contribution in [3.05, 3.63) is 0 Å². The molecular weight excluding hydrogens is 164 g/mol. The summed E-state index contributed by atoms with van der Waals surface area (Å²) in [5.41, 5.74) is 0. The van der Waals surface area contributed by atoms with E-state index >= 15 is 0 Å². The Morgan fingerprint density at radius 3 is 3.00 bits per heavy atom. The third kappa shape index (κ3) is 2.02. The van der Waals surface area contributed by atoms with Gasteiger partial charge in [0.05, 0.1) is 0 Å². The van der Waals surface area contributed by atoms with E-state index in [1.54, 1.807) is 0 Å². The van der Waals surface area contributed by atoms with Crippen LogP contribution in [0.5, 0.6) is 0 Å². The van der Waals surface area contributed by atoms with Gasteiger partial charge in [0.15, 0.2) is 0 Å². The summed E-state index contributed by atoms with van der Waals surface area (Å²) in [6, 6.07) is 0.564. The average molecular weight is 182 g/mol. The summed E-state index contributed by atoms with van der Waals surface area (Å²) in [6.07, 6.45) is 3.26. The van der Waals surface area contributed by atoms with Gasteiger partial charge in [-0.05, 0) is 25.3 Å². The number of amides is 1. The van der Waals surface area contributed by atoms with E-state index in [0.29, 0.717) is 17.9 Å². The number of carbonyl (C=O) groups excluding carboxylic acids is 1. The molecule has 1 N–H and O–H groups in total. The summed E-state index contributed by atoms with van der Waals surface area (Å²) in [5.74, 6) is 0.912. The van der Waals surface area contributed by atoms with Crippen molar-refractivity contribution < 1.29 is 4.79 Å². The first-order valence-corrected chi connectivity index (χ1v) is 5.27. The maximum atomic E-state index is 11.5. The summed E-state index contributed by atoms with van der Waals surface area (Å²) in [5, 5.41) is 3.42. The molecule has 0 radical (unpaired) electrons. The molecule has 0 bridgehead atoms. The molecule has 1 unspecified atom stereocenters. The summed E-state index contributed by atoms with van der Waals surface area (Å²) >= 11 is 0. The van der Waals surface area contributed by atoms with Gasteiger partial charge in [0.2, 0.25) is 5.91 Å². The molecule has 0 aromatic carbocycles. The highest BCUT2D eigenvalue weighted by atomic mass is 16.2. The van der Waals surface area contributed by atoms with E-state index in [1.807, 2.05) is 4.90 Å². The van der Waals surface area contributed by atoms with Gasteiger partial charge in [-0.1, -0.05) is 6.92 Å². The van der Waals surface area contributed by atoms with Gasteiger partial charge in [0.25, 0.3) is 0 Å². The summed E-state index contributed by atoms with van der Waals surface area (Å²) in [4.78, 5) is 13.5. The molecule has 74 valence electrons. The standard InChI is InChI=1S/C10H18N2O/c1-8-5-10(13)12(6-8)7-9-3-2-4-11-9/h8-9,11H,2-7H2,1H3/t8?,9-/m0/s1. The lowest BCUT2D eigenvalue weighted by atomic mass is 10.2. The number of nitrogens with one attached hydrogen (secondary N) is 1. The van der Waals surface area contributed by atoms with Crippen molar-refractivity contribution in [2.45, 2.75) is 32.2 Å². The molecular formula is C10H18N2O. The van der Waals surface area contributed by atoms with Crippen LogP contribution in [0.15, 0.2) is 0 Å². The minimum Gasteiger partial charge on any atom is -0.341 e. The van der Waals surface area contributed by atoms with Gasteiger partial charge in [0, 0.05) is 25.6 Å². The van der Waals surface area contributed by atoms with Crippen LogP contribution in [0.1, 0.15) is 26.2 Å². The molecule has 3 heteroatoms. The molecule has 2 heterocycles. The fraction of sp³-hybridized carbons (Fsp3) is 0.900. The van der Waals surface area contributed by atoms with Crippen LogP contribution in [0.2, 0.25) is 0 Å². The van der Waals surface area contributed by atoms with E-state index in [1.165, 1.54) is 12.8 Å². The number of rotatable bonds is 2. The minimum atomic E-state index is 0.348. The lowest BCUT2D eigenvalue weighted by Gasteiger charge is -2.20. The number of hydrogen-bond acceptors (Lipinski definition) is 2. The second-order valence-electron chi connectivity index (χ2n) is 4.40. The molecule has 0 spiro atoms. The van der Waals surface area contributed by atoms with E-state index in [9.17, 15) is 4.79 Å². The molecule has 0 saturated carbocycles. The number of likely N-dealkylation sites (tertiary alicyclic amines) is 1. The van der Waals surface area contributed by atoms with Crippen LogP contribution in [-0.4, -0.2) is 36.5 Å². The van der Waals surface area contributed by atoms with E-state index in [4.69, 9.17) is 0 Å². The molecule has 2 aliphatic rings. The van der Waals surface area contributed by atoms with Crippen LogP contribution >= 0.6 is 0 Å². The van der Waals surface area contributed by atoms with E-state index in [-0.39, 0.29) is 0 Å². The molecule has 0 aromatic rings. The predicted molar refractivity (Wildman–Crippen MR) is 51.4 cm³/mol. The second-order valence-corrected chi connectivity index (χ2v) is 4.40. The van der Waals surface area contributed by atoms with Gasteiger partial charge < -0.3 is 10.2 Å². The lowest BCUT2D eigenvalue weighted by Crippen LogP contribution is -2.38. The zero-order chi connectivity index (χ0) is 9.26. The second kappa shape index (κ2) is 3.66. The number of hydrogen-bond donors (Lipinski definition) is 1. The van der Waals surface area contributed by atoms with Gasteiger partial charge in [-0.3, -0.25) is 4.79 Å². The predicted octanol–water partition coefficient (Wildman–Crippen LogP) is 0.607. The van der Waals surface area contributed by atoms with Crippen molar-refractivity contribution in [2.24, 2.45) is 5.92 Å². The molecule has 3 nitrogen and oxygen atoms in total. The smallest absolute Gasteiger partial charge is 0.222 e. The van der Waals surface area contributed by atoms with Crippen molar-refractivity contribution in [1.29, 1.82) is 0 Å². The van der Waals surface area contributed by atoms with E-state index in [2.05, 4.69) is 12.2 Å². The van der Waals surface area contributed by atoms with Crippen LogP contribution in [0.3, 0.4) is 0 Å². The minimum absolute atomic E-state index is 0.348. The van der Waals surface area contributed by atoms with Crippen molar-refractivity contribution in [1.82, 2.24) is 10.2 Å². The highest BCUT2D eigenvalue weighted by molar-refractivity contribution is 5.78. The van der Waals surface area contributed by atoms with Crippen LogP contribution in [-0.2, 0) is 4.79 Å². The molecule has 2 saturated heterocycles. The van der Waals surface area contributed by atoms with Crippen LogP contribution in [0.4, 0.5) is 0 Å². The first-order valence-electron chi connectivity index (χ1n) is 5.27. The van der Waals surface area contributed by atoms with Crippen molar-refractivity contribution in [2.75, 3.05) is 19.6 Å². The topological polar surface area (TPSA) is 32.3 Å². The summed E-state index contributed by atoms with van der Waals surface area (Å²) in [7, 11) is 0. The zero-order valence-corrected chi connectivity index (χ0v) is 8.25. The highest BCUT2D eigenvalue weighted by Crippen LogP contribution is 2.18. The zero-order valence-electron chi connectivity index (χ0n) is 8.25. The molecule has 13 heavy (non-hydrogen) atoms. The summed E-state index contributed by atoms with van der Waals surface area (Å²) < 4.78 is 0. The Morgan fingerprint density at radius 2 is 2.46 bits per heavy atom. The fourth-order valence-corrected chi connectivity index (χ4v) is 2.32. The van der Waals surface area contributed by atoms with Crippen molar-refractivity contribution >= 4 is 5.91 Å². The Balaban J connectivity index is 1.83. The van der Waals surface area contributed by atoms with Gasteiger partial charge in [-0.2, -0.15) is 0 Å². The third-order valence-electron chi connectivity index (χ3n) is 3.01. The Bertz CT molecular complexity index is 199. The van der Waals surface area contributed by atoms with Gasteiger partial charge in [-0.25, -0.2) is 0 Å². The van der Waals surface area contributed by atoms with Gasteiger partial charge in [-0.15, -0.1) is 0 Å². The first kappa shape index (κ1) is 9.00. The van der Waals surface area contributed by atoms with Crippen LogP contribution in [0.25, 0.3) is 0 Å². The van der Waals surface area contributed by atoms with Crippen LogP contribution in [0, 0.1) is 5.92 Å². The Morgan fingerprint density at radius 1 is 1.62 bits per heavy atom. The van der Waals surface area contributed by atoms with Gasteiger partial charge in [0.1, 0.15) is 0 Å². The molecule has 2 rings (SSSR count). The first-order chi connectivity index (χ1) is 6.25. The van der Waals surface area contributed by atoms with Crippen LogP contribution < -0.4 is 5.32 Å². The maximum absolute atomic E-state index is 11.5.